The predicted molar refractivity (Wildman–Crippen MR) is 76.5 cm³/mol. The SMILES string of the molecule is CC(C)CCCn1nnc(C(=O)O)c1-c1ccccc1. The third-order valence-corrected chi connectivity index (χ3v) is 3.14. The van der Waals surface area contributed by atoms with Crippen LogP contribution in [0.1, 0.15) is 37.2 Å². The first-order chi connectivity index (χ1) is 9.59. The molecule has 0 saturated heterocycles. The number of carboxylic acid groups (broad SMARTS) is 1. The molecule has 2 aromatic rings. The molecular formula is C15H19N3O2. The van der Waals surface area contributed by atoms with E-state index in [1.54, 1.807) is 4.68 Å². The minimum absolute atomic E-state index is 0.0146. The van der Waals surface area contributed by atoms with Crippen molar-refractivity contribution in [1.29, 1.82) is 0 Å². The molecule has 0 unspecified atom stereocenters. The summed E-state index contributed by atoms with van der Waals surface area (Å²) in [5.74, 6) is -0.420. The van der Waals surface area contributed by atoms with Crippen molar-refractivity contribution in [2.45, 2.75) is 33.2 Å². The number of benzene rings is 1. The molecule has 5 heteroatoms. The van der Waals surface area contributed by atoms with Crippen LogP contribution in [0.5, 0.6) is 0 Å². The lowest BCUT2D eigenvalue weighted by Crippen LogP contribution is -2.06. The maximum Gasteiger partial charge on any atom is 0.358 e. The van der Waals surface area contributed by atoms with Crippen LogP contribution in [0.4, 0.5) is 0 Å². The van der Waals surface area contributed by atoms with Crippen molar-refractivity contribution in [3.63, 3.8) is 0 Å². The highest BCUT2D eigenvalue weighted by Gasteiger charge is 2.20. The van der Waals surface area contributed by atoms with Gasteiger partial charge in [-0.3, -0.25) is 0 Å². The van der Waals surface area contributed by atoms with Crippen molar-refractivity contribution in [2.75, 3.05) is 0 Å². The molecule has 0 fully saturated rings. The average Bonchev–Trinajstić information content (AvgIpc) is 2.83. The quantitative estimate of drug-likeness (QED) is 0.878. The van der Waals surface area contributed by atoms with Crippen molar-refractivity contribution in [2.24, 2.45) is 5.92 Å². The minimum atomic E-state index is -1.04. The van der Waals surface area contributed by atoms with Gasteiger partial charge in [0, 0.05) is 12.1 Å². The van der Waals surface area contributed by atoms with E-state index in [0.717, 1.165) is 18.4 Å². The highest BCUT2D eigenvalue weighted by molar-refractivity contribution is 5.92. The first-order valence-corrected chi connectivity index (χ1v) is 6.81. The second-order valence-corrected chi connectivity index (χ2v) is 5.22. The van der Waals surface area contributed by atoms with Gasteiger partial charge in [0.05, 0.1) is 0 Å². The van der Waals surface area contributed by atoms with E-state index < -0.39 is 5.97 Å². The summed E-state index contributed by atoms with van der Waals surface area (Å²) in [6.45, 7) is 5.02. The van der Waals surface area contributed by atoms with E-state index in [1.807, 2.05) is 30.3 Å². The monoisotopic (exact) mass is 273 g/mol. The van der Waals surface area contributed by atoms with Gasteiger partial charge >= 0.3 is 5.97 Å². The van der Waals surface area contributed by atoms with E-state index in [0.29, 0.717) is 18.2 Å². The van der Waals surface area contributed by atoms with Crippen molar-refractivity contribution < 1.29 is 9.90 Å². The molecule has 0 aliphatic rings. The first kappa shape index (κ1) is 14.2. The third-order valence-electron chi connectivity index (χ3n) is 3.14. The van der Waals surface area contributed by atoms with E-state index in [9.17, 15) is 9.90 Å². The second kappa shape index (κ2) is 6.32. The fourth-order valence-electron chi connectivity index (χ4n) is 2.14. The molecule has 5 nitrogen and oxygen atoms in total. The summed E-state index contributed by atoms with van der Waals surface area (Å²) in [7, 11) is 0. The Labute approximate surface area is 118 Å². The fraction of sp³-hybridized carbons (Fsp3) is 0.400. The van der Waals surface area contributed by atoms with Gasteiger partial charge in [0.2, 0.25) is 0 Å². The number of aromatic carboxylic acids is 1. The van der Waals surface area contributed by atoms with Crippen molar-refractivity contribution >= 4 is 5.97 Å². The third kappa shape index (κ3) is 3.23. The number of nitrogens with zero attached hydrogens (tertiary/aromatic N) is 3. The zero-order valence-electron chi connectivity index (χ0n) is 11.8. The highest BCUT2D eigenvalue weighted by atomic mass is 16.4. The van der Waals surface area contributed by atoms with Crippen LogP contribution in [0, 0.1) is 5.92 Å². The molecule has 1 N–H and O–H groups in total. The van der Waals surface area contributed by atoms with Crippen molar-refractivity contribution in [3.05, 3.63) is 36.0 Å². The Morgan fingerprint density at radius 2 is 2.00 bits per heavy atom. The van der Waals surface area contributed by atoms with Crippen LogP contribution in [0.2, 0.25) is 0 Å². The Balaban J connectivity index is 2.31. The Morgan fingerprint density at radius 3 is 2.60 bits per heavy atom. The van der Waals surface area contributed by atoms with Gasteiger partial charge in [-0.25, -0.2) is 9.48 Å². The molecule has 0 aliphatic heterocycles. The molecule has 0 atom stereocenters. The zero-order valence-corrected chi connectivity index (χ0v) is 11.8. The number of hydrogen-bond acceptors (Lipinski definition) is 3. The van der Waals surface area contributed by atoms with Crippen LogP contribution in [0.25, 0.3) is 11.3 Å². The number of carboxylic acids is 1. The lowest BCUT2D eigenvalue weighted by atomic mass is 10.1. The van der Waals surface area contributed by atoms with Crippen molar-refractivity contribution in [3.8, 4) is 11.3 Å². The number of carbonyl (C=O) groups is 1. The summed E-state index contributed by atoms with van der Waals surface area (Å²) in [5, 5.41) is 17.0. The number of aromatic nitrogens is 3. The fourth-order valence-corrected chi connectivity index (χ4v) is 2.14. The van der Waals surface area contributed by atoms with Crippen LogP contribution in [0.15, 0.2) is 30.3 Å². The number of hydrogen-bond donors (Lipinski definition) is 1. The van der Waals surface area contributed by atoms with Gasteiger partial charge in [0.25, 0.3) is 0 Å². The molecule has 2 rings (SSSR count). The molecule has 0 radical (unpaired) electrons. The van der Waals surface area contributed by atoms with E-state index >= 15 is 0 Å². The Bertz CT molecular complexity index is 576. The van der Waals surface area contributed by atoms with E-state index in [2.05, 4.69) is 24.2 Å². The van der Waals surface area contributed by atoms with Crippen LogP contribution < -0.4 is 0 Å². The van der Waals surface area contributed by atoms with Crippen molar-refractivity contribution in [1.82, 2.24) is 15.0 Å². The summed E-state index contributed by atoms with van der Waals surface area (Å²) in [6.07, 6.45) is 2.04. The number of rotatable bonds is 6. The molecule has 20 heavy (non-hydrogen) atoms. The Hall–Kier alpha value is -2.17. The average molecular weight is 273 g/mol. The molecule has 1 aromatic heterocycles. The summed E-state index contributed by atoms with van der Waals surface area (Å²) < 4.78 is 1.70. The molecule has 0 saturated carbocycles. The zero-order chi connectivity index (χ0) is 14.5. The first-order valence-electron chi connectivity index (χ1n) is 6.81. The molecule has 0 bridgehead atoms. The van der Waals surface area contributed by atoms with E-state index in [-0.39, 0.29) is 5.69 Å². The van der Waals surface area contributed by atoms with Crippen LogP contribution in [-0.4, -0.2) is 26.1 Å². The second-order valence-electron chi connectivity index (χ2n) is 5.22. The number of aryl methyl sites for hydroxylation is 1. The molecule has 1 heterocycles. The molecule has 0 aliphatic carbocycles. The molecule has 0 amide bonds. The Kier molecular flexibility index (Phi) is 4.50. The summed E-state index contributed by atoms with van der Waals surface area (Å²) >= 11 is 0. The summed E-state index contributed by atoms with van der Waals surface area (Å²) in [6, 6.07) is 9.42. The van der Waals surface area contributed by atoms with Gasteiger partial charge < -0.3 is 5.11 Å². The van der Waals surface area contributed by atoms with Gasteiger partial charge in [-0.05, 0) is 18.8 Å². The van der Waals surface area contributed by atoms with Gasteiger partial charge in [-0.15, -0.1) is 5.10 Å². The molecule has 0 spiro atoms. The Morgan fingerprint density at radius 1 is 1.30 bits per heavy atom. The lowest BCUT2D eigenvalue weighted by Gasteiger charge is -2.08. The van der Waals surface area contributed by atoms with Crippen LogP contribution in [0.3, 0.4) is 0 Å². The van der Waals surface area contributed by atoms with Crippen LogP contribution >= 0.6 is 0 Å². The smallest absolute Gasteiger partial charge is 0.358 e. The molecule has 1 aromatic carbocycles. The van der Waals surface area contributed by atoms with E-state index in [4.69, 9.17) is 0 Å². The highest BCUT2D eigenvalue weighted by Crippen LogP contribution is 2.22. The standard InChI is InChI=1S/C15H19N3O2/c1-11(2)7-6-10-18-14(12-8-4-3-5-9-12)13(15(19)20)16-17-18/h3-5,8-9,11H,6-7,10H2,1-2H3,(H,19,20). The minimum Gasteiger partial charge on any atom is -0.476 e. The maximum atomic E-state index is 11.3. The van der Waals surface area contributed by atoms with Gasteiger partial charge in [-0.2, -0.15) is 0 Å². The van der Waals surface area contributed by atoms with E-state index in [1.165, 1.54) is 0 Å². The topological polar surface area (TPSA) is 68.0 Å². The van der Waals surface area contributed by atoms with Gasteiger partial charge in [0.15, 0.2) is 5.69 Å². The molecular weight excluding hydrogens is 254 g/mol. The lowest BCUT2D eigenvalue weighted by molar-refractivity contribution is 0.0691. The summed E-state index contributed by atoms with van der Waals surface area (Å²) in [5.41, 5.74) is 1.43. The largest absolute Gasteiger partial charge is 0.476 e. The normalized spacial score (nSPS) is 10.9. The summed E-state index contributed by atoms with van der Waals surface area (Å²) in [4.78, 5) is 11.3. The van der Waals surface area contributed by atoms with Crippen LogP contribution in [-0.2, 0) is 6.54 Å². The maximum absolute atomic E-state index is 11.3. The van der Waals surface area contributed by atoms with Gasteiger partial charge in [-0.1, -0.05) is 49.4 Å². The predicted octanol–water partition coefficient (Wildman–Crippen LogP) is 3.08. The van der Waals surface area contributed by atoms with Gasteiger partial charge in [0.1, 0.15) is 5.69 Å². The molecule has 106 valence electrons.